The number of hydrogen-bond donors (Lipinski definition) is 5. The average molecular weight is 996 g/mol. The standard InChI is InChI=1S/C51H52Cl2N6O7S2/c1-31(55-50(60)57-41-12-14-42(15-13-41)67(62,63)29-34-9-11-39-27-59(3)28-40(39)23-34)35-6-5-7-37(24-35)44-17-18-45(52)49(53)48(44)32(2)56-51(61)58-46-19-16-43(25-47(46)66-4)68(64,65)30-33-8-10-38-26-54-21-20-36(38)22-33/h5-19,22-25,31-32,54H,20-21,26-30H2,1-4H3,(H2,55,57,60)(H2,56,58,61). The van der Waals surface area contributed by atoms with Crippen molar-refractivity contribution in [1.82, 2.24) is 20.9 Å². The van der Waals surface area contributed by atoms with Gasteiger partial charge in [0.2, 0.25) is 0 Å². The van der Waals surface area contributed by atoms with Crippen molar-refractivity contribution in [3.63, 3.8) is 0 Å². The van der Waals surface area contributed by atoms with Gasteiger partial charge in [0.15, 0.2) is 19.7 Å². The molecule has 68 heavy (non-hydrogen) atoms. The molecule has 0 aromatic heterocycles. The van der Waals surface area contributed by atoms with Crippen LogP contribution in [0.5, 0.6) is 5.75 Å². The minimum Gasteiger partial charge on any atom is -0.495 e. The van der Waals surface area contributed by atoms with E-state index in [2.05, 4.69) is 31.5 Å². The van der Waals surface area contributed by atoms with Gasteiger partial charge in [-0.05, 0) is 132 Å². The Labute approximate surface area is 407 Å². The molecule has 2 heterocycles. The number of fused-ring (bicyclic) bond motifs is 2. The minimum absolute atomic E-state index is 0.0611. The smallest absolute Gasteiger partial charge is 0.319 e. The Morgan fingerprint density at radius 1 is 0.706 bits per heavy atom. The van der Waals surface area contributed by atoms with Crippen LogP contribution in [0.1, 0.15) is 70.4 Å². The van der Waals surface area contributed by atoms with E-state index in [1.807, 2.05) is 80.7 Å². The predicted octanol–water partition coefficient (Wildman–Crippen LogP) is 9.97. The quantitative estimate of drug-likeness (QED) is 0.0712. The number of ether oxygens (including phenoxy) is 1. The number of benzene rings is 6. The second kappa shape index (κ2) is 20.3. The van der Waals surface area contributed by atoms with Crippen LogP contribution in [0, 0.1) is 0 Å². The molecule has 0 saturated carbocycles. The highest BCUT2D eigenvalue weighted by Gasteiger charge is 2.24. The Hall–Kier alpha value is -5.94. The number of sulfone groups is 2. The van der Waals surface area contributed by atoms with Crippen LogP contribution in [0.25, 0.3) is 11.1 Å². The number of carbonyl (C=O) groups is 2. The van der Waals surface area contributed by atoms with E-state index in [9.17, 15) is 26.4 Å². The second-order valence-electron chi connectivity index (χ2n) is 17.3. The number of amides is 4. The lowest BCUT2D eigenvalue weighted by atomic mass is 9.93. The summed E-state index contributed by atoms with van der Waals surface area (Å²) >= 11 is 13.4. The monoisotopic (exact) mass is 994 g/mol. The van der Waals surface area contributed by atoms with Crippen LogP contribution < -0.4 is 31.3 Å². The topological polar surface area (TPSA) is 175 Å². The summed E-state index contributed by atoms with van der Waals surface area (Å²) in [5, 5.41) is 15.3. The van der Waals surface area contributed by atoms with Crippen molar-refractivity contribution in [2.75, 3.05) is 31.3 Å². The number of hydrogen-bond acceptors (Lipinski definition) is 9. The maximum absolute atomic E-state index is 13.5. The lowest BCUT2D eigenvalue weighted by Gasteiger charge is -2.22. The van der Waals surface area contributed by atoms with E-state index < -0.39 is 43.8 Å². The first-order chi connectivity index (χ1) is 32.5. The van der Waals surface area contributed by atoms with Crippen LogP contribution in [-0.4, -0.2) is 54.5 Å². The van der Waals surface area contributed by atoms with Gasteiger partial charge in [0.25, 0.3) is 0 Å². The molecule has 0 fully saturated rings. The SMILES string of the molecule is COc1cc(S(=O)(=O)Cc2ccc3c(c2)CCNC3)ccc1NC(=O)NC(C)c1c(-c2cccc(C(C)NC(=O)Nc3ccc(S(=O)(=O)Cc4ccc5c(c4)CN(C)C5)cc3)c2)ccc(Cl)c1Cl. The molecule has 17 heteroatoms. The summed E-state index contributed by atoms with van der Waals surface area (Å²) in [7, 11) is -3.95. The molecule has 2 aliphatic heterocycles. The highest BCUT2D eigenvalue weighted by molar-refractivity contribution is 7.91. The largest absolute Gasteiger partial charge is 0.495 e. The van der Waals surface area contributed by atoms with Crippen molar-refractivity contribution in [3.05, 3.63) is 170 Å². The summed E-state index contributed by atoms with van der Waals surface area (Å²) in [6.45, 7) is 6.84. The predicted molar refractivity (Wildman–Crippen MR) is 268 cm³/mol. The van der Waals surface area contributed by atoms with Crippen molar-refractivity contribution >= 4 is 66.3 Å². The van der Waals surface area contributed by atoms with E-state index in [1.165, 1.54) is 48.6 Å². The number of nitrogens with one attached hydrogen (secondary N) is 5. The van der Waals surface area contributed by atoms with Crippen LogP contribution in [0.2, 0.25) is 10.0 Å². The van der Waals surface area contributed by atoms with Crippen LogP contribution in [0.15, 0.2) is 125 Å². The summed E-state index contributed by atoms with van der Waals surface area (Å²) in [6, 6.07) is 30.8. The summed E-state index contributed by atoms with van der Waals surface area (Å²) < 4.78 is 59.2. The second-order valence-corrected chi connectivity index (χ2v) is 22.1. The molecule has 0 spiro atoms. The van der Waals surface area contributed by atoms with Crippen molar-refractivity contribution < 1.29 is 31.2 Å². The van der Waals surface area contributed by atoms with Crippen molar-refractivity contribution in [2.24, 2.45) is 0 Å². The van der Waals surface area contributed by atoms with Gasteiger partial charge >= 0.3 is 12.1 Å². The highest BCUT2D eigenvalue weighted by atomic mass is 35.5. The third-order valence-electron chi connectivity index (χ3n) is 12.2. The molecule has 4 amide bonds. The molecule has 2 aliphatic rings. The third kappa shape index (κ3) is 11.2. The Morgan fingerprint density at radius 3 is 2.09 bits per heavy atom. The van der Waals surface area contributed by atoms with Gasteiger partial charge in [-0.2, -0.15) is 0 Å². The number of methoxy groups -OCH3 is 1. The first-order valence-electron chi connectivity index (χ1n) is 22.0. The van der Waals surface area contributed by atoms with Gasteiger partial charge in [-0.25, -0.2) is 26.4 Å². The molecule has 6 aromatic carbocycles. The fourth-order valence-corrected chi connectivity index (χ4v) is 11.9. The van der Waals surface area contributed by atoms with Gasteiger partial charge in [0.05, 0.1) is 56.2 Å². The van der Waals surface area contributed by atoms with E-state index in [1.54, 1.807) is 25.1 Å². The van der Waals surface area contributed by atoms with Crippen molar-refractivity contribution in [3.8, 4) is 16.9 Å². The Balaban J connectivity index is 0.900. The molecule has 5 N–H and O–H groups in total. The minimum atomic E-state index is -3.75. The maximum atomic E-state index is 13.5. The van der Waals surface area contributed by atoms with E-state index in [0.717, 1.165) is 60.4 Å². The molecule has 0 radical (unpaired) electrons. The molecular weight excluding hydrogens is 944 g/mol. The van der Waals surface area contributed by atoms with Crippen LogP contribution >= 0.6 is 23.2 Å². The Kier molecular flexibility index (Phi) is 14.5. The first kappa shape index (κ1) is 48.5. The molecule has 354 valence electrons. The lowest BCUT2D eigenvalue weighted by Crippen LogP contribution is -2.32. The zero-order valence-electron chi connectivity index (χ0n) is 38.0. The van der Waals surface area contributed by atoms with Crippen LogP contribution in [0.3, 0.4) is 0 Å². The number of carbonyl (C=O) groups excluding carboxylic acids is 2. The van der Waals surface area contributed by atoms with E-state index in [4.69, 9.17) is 27.9 Å². The van der Waals surface area contributed by atoms with Gasteiger partial charge in [0, 0.05) is 37.0 Å². The highest BCUT2D eigenvalue weighted by Crippen LogP contribution is 2.39. The number of halogens is 2. The molecule has 0 bridgehead atoms. The molecule has 2 atom stereocenters. The number of anilines is 2. The maximum Gasteiger partial charge on any atom is 0.319 e. The Bertz CT molecular complexity index is 3130. The lowest BCUT2D eigenvalue weighted by molar-refractivity contribution is 0.248. The molecule has 0 saturated heterocycles. The van der Waals surface area contributed by atoms with E-state index >= 15 is 0 Å². The van der Waals surface area contributed by atoms with E-state index in [-0.39, 0.29) is 42.8 Å². The molecule has 0 aliphatic carbocycles. The Morgan fingerprint density at radius 2 is 1.35 bits per heavy atom. The number of rotatable bonds is 14. The molecular formula is C51H52Cl2N6O7S2. The zero-order chi connectivity index (χ0) is 48.3. The van der Waals surface area contributed by atoms with Crippen LogP contribution in [0.4, 0.5) is 21.0 Å². The number of nitrogens with zero attached hydrogens (tertiary/aromatic N) is 1. The molecule has 13 nitrogen and oxygen atoms in total. The van der Waals surface area contributed by atoms with Gasteiger partial charge in [-0.1, -0.05) is 83.9 Å². The van der Waals surface area contributed by atoms with Gasteiger partial charge in [-0.15, -0.1) is 0 Å². The molecule has 8 rings (SSSR count). The normalized spacial score (nSPS) is 14.6. The summed E-state index contributed by atoms with van der Waals surface area (Å²) in [6.07, 6.45) is 0.837. The van der Waals surface area contributed by atoms with Gasteiger partial charge in [-0.3, -0.25) is 4.90 Å². The molecule has 6 aromatic rings. The van der Waals surface area contributed by atoms with Crippen molar-refractivity contribution in [2.45, 2.75) is 73.3 Å². The summed E-state index contributed by atoms with van der Waals surface area (Å²) in [5.41, 5.74) is 9.53. The molecule has 2 unspecified atom stereocenters. The fraction of sp³-hybridized carbons (Fsp3) is 0.255. The third-order valence-corrected chi connectivity index (χ3v) is 16.4. The summed E-state index contributed by atoms with van der Waals surface area (Å²) in [4.78, 5) is 29.1. The van der Waals surface area contributed by atoms with Crippen molar-refractivity contribution in [1.29, 1.82) is 0 Å². The van der Waals surface area contributed by atoms with Gasteiger partial charge in [0.1, 0.15) is 5.75 Å². The average Bonchev–Trinajstić information content (AvgIpc) is 3.68. The van der Waals surface area contributed by atoms with Crippen LogP contribution in [-0.2, 0) is 57.2 Å². The fourth-order valence-electron chi connectivity index (χ4n) is 8.74. The summed E-state index contributed by atoms with van der Waals surface area (Å²) in [5.74, 6) is -0.139. The van der Waals surface area contributed by atoms with Gasteiger partial charge < -0.3 is 31.3 Å². The first-order valence-corrected chi connectivity index (χ1v) is 26.1. The zero-order valence-corrected chi connectivity index (χ0v) is 41.1. The number of urea groups is 2. The van der Waals surface area contributed by atoms with E-state index in [0.29, 0.717) is 22.4 Å².